The second kappa shape index (κ2) is 13.7. The average Bonchev–Trinajstić information content (AvgIpc) is 2.80. The zero-order valence-corrected chi connectivity index (χ0v) is 27.5. The van der Waals surface area contributed by atoms with Crippen LogP contribution in [0.15, 0.2) is 12.1 Å². The van der Waals surface area contributed by atoms with Crippen LogP contribution in [0.25, 0.3) is 0 Å². The van der Waals surface area contributed by atoms with Crippen LogP contribution < -0.4 is 28.4 Å². The third-order valence-corrected chi connectivity index (χ3v) is 5.84. The smallest absolute Gasteiger partial charge is 0.207 e. The lowest BCUT2D eigenvalue weighted by atomic mass is 9.76. The highest BCUT2D eigenvalue weighted by molar-refractivity contribution is 5.69. The Kier molecular flexibility index (Phi) is 11.3. The van der Waals surface area contributed by atoms with Gasteiger partial charge in [0.15, 0.2) is 23.0 Å². The molecule has 2 rings (SSSR count). The highest BCUT2D eigenvalue weighted by Crippen LogP contribution is 2.56. The SMILES string of the molecule is CC(C)Oc1cc(C(C)(C)c2cc(OC(C)C)c(O)c(OC(C)C)c2OC(C)C)c(OC(C)C)c(OC(C)C)c1O. The second-order valence-electron chi connectivity index (χ2n) is 12.5. The Morgan fingerprint density at radius 1 is 0.439 bits per heavy atom. The van der Waals surface area contributed by atoms with E-state index < -0.39 is 5.41 Å². The molecule has 0 spiro atoms. The van der Waals surface area contributed by atoms with E-state index in [-0.39, 0.29) is 71.1 Å². The van der Waals surface area contributed by atoms with Crippen LogP contribution in [0.5, 0.6) is 46.0 Å². The summed E-state index contributed by atoms with van der Waals surface area (Å²) < 4.78 is 37.2. The Morgan fingerprint density at radius 2 is 0.683 bits per heavy atom. The minimum atomic E-state index is -0.857. The fraction of sp³-hybridized carbons (Fsp3) is 0.636. The molecule has 0 aliphatic carbocycles. The summed E-state index contributed by atoms with van der Waals surface area (Å²) in [5.74, 6) is 1.51. The van der Waals surface area contributed by atoms with Crippen molar-refractivity contribution in [2.24, 2.45) is 0 Å². The molecule has 2 aromatic rings. The van der Waals surface area contributed by atoms with Gasteiger partial charge in [0.25, 0.3) is 0 Å². The van der Waals surface area contributed by atoms with E-state index in [0.717, 1.165) is 0 Å². The van der Waals surface area contributed by atoms with Crippen molar-refractivity contribution in [3.63, 3.8) is 0 Å². The predicted octanol–water partition coefficient (Wildman–Crippen LogP) is 8.15. The first-order valence-corrected chi connectivity index (χ1v) is 14.7. The van der Waals surface area contributed by atoms with Crippen LogP contribution >= 0.6 is 0 Å². The number of phenolic OH excluding ortho intramolecular Hbond substituents is 2. The van der Waals surface area contributed by atoms with E-state index >= 15 is 0 Å². The van der Waals surface area contributed by atoms with Crippen molar-refractivity contribution in [3.05, 3.63) is 23.3 Å². The van der Waals surface area contributed by atoms with Crippen LogP contribution in [0.2, 0.25) is 0 Å². The van der Waals surface area contributed by atoms with Gasteiger partial charge in [0, 0.05) is 16.5 Å². The van der Waals surface area contributed by atoms with Crippen LogP contribution in [-0.2, 0) is 5.41 Å². The summed E-state index contributed by atoms with van der Waals surface area (Å²) in [5.41, 5.74) is 0.533. The normalized spacial score (nSPS) is 12.2. The molecule has 0 heterocycles. The number of hydrogen-bond acceptors (Lipinski definition) is 8. The molecule has 0 atom stereocenters. The first-order chi connectivity index (χ1) is 18.9. The van der Waals surface area contributed by atoms with E-state index in [1.165, 1.54) is 0 Å². The van der Waals surface area contributed by atoms with E-state index in [4.69, 9.17) is 28.4 Å². The van der Waals surface area contributed by atoms with E-state index in [2.05, 4.69) is 0 Å². The van der Waals surface area contributed by atoms with E-state index in [9.17, 15) is 10.2 Å². The first kappa shape index (κ1) is 34.0. The van der Waals surface area contributed by atoms with Gasteiger partial charge in [-0.05, 0) is 95.2 Å². The molecule has 0 aliphatic heterocycles. The second-order valence-corrected chi connectivity index (χ2v) is 12.5. The molecule has 0 bridgehead atoms. The molecule has 232 valence electrons. The molecule has 0 fully saturated rings. The molecular formula is C33H52O8. The molecule has 0 unspecified atom stereocenters. The van der Waals surface area contributed by atoms with Gasteiger partial charge in [0.1, 0.15) is 0 Å². The van der Waals surface area contributed by atoms with Gasteiger partial charge < -0.3 is 38.6 Å². The Hall–Kier alpha value is -3.16. The van der Waals surface area contributed by atoms with Crippen molar-refractivity contribution >= 4 is 0 Å². The summed E-state index contributed by atoms with van der Waals surface area (Å²) in [6.45, 7) is 26.8. The lowest BCUT2D eigenvalue weighted by Gasteiger charge is -2.34. The molecular weight excluding hydrogens is 524 g/mol. The quantitative estimate of drug-likeness (QED) is 0.233. The van der Waals surface area contributed by atoms with Crippen molar-refractivity contribution in [1.29, 1.82) is 0 Å². The molecule has 41 heavy (non-hydrogen) atoms. The van der Waals surface area contributed by atoms with Crippen LogP contribution in [0.1, 0.15) is 108 Å². The number of rotatable bonds is 14. The third-order valence-electron chi connectivity index (χ3n) is 5.84. The van der Waals surface area contributed by atoms with Gasteiger partial charge in [-0.1, -0.05) is 13.8 Å². The Labute approximate surface area is 246 Å². The van der Waals surface area contributed by atoms with Crippen molar-refractivity contribution in [2.45, 2.75) is 139 Å². The monoisotopic (exact) mass is 576 g/mol. The molecule has 2 aromatic carbocycles. The topological polar surface area (TPSA) is 95.8 Å². The minimum Gasteiger partial charge on any atom is -0.502 e. The molecule has 0 amide bonds. The standard InChI is InChI=1S/C33H52O8/c1-17(2)36-25-15-23(29(38-19(5)6)31(27(25)34)40-21(9)10)33(13,14)24-16-26(37-18(3)4)28(35)32(41-22(11)12)30(24)39-20(7)8/h15-22,34-35H,1-14H3. The van der Waals surface area contributed by atoms with Crippen LogP contribution in [0.4, 0.5) is 0 Å². The maximum atomic E-state index is 11.3. The lowest BCUT2D eigenvalue weighted by molar-refractivity contribution is 0.177. The molecule has 0 radical (unpaired) electrons. The van der Waals surface area contributed by atoms with Crippen molar-refractivity contribution in [1.82, 2.24) is 0 Å². The Bertz CT molecular complexity index is 1070. The third kappa shape index (κ3) is 8.43. The summed E-state index contributed by atoms with van der Waals surface area (Å²) in [7, 11) is 0. The van der Waals surface area contributed by atoms with Crippen LogP contribution in [0.3, 0.4) is 0 Å². The Morgan fingerprint density at radius 3 is 0.927 bits per heavy atom. The van der Waals surface area contributed by atoms with Crippen LogP contribution in [0, 0.1) is 0 Å². The highest BCUT2D eigenvalue weighted by Gasteiger charge is 2.38. The molecule has 0 aliphatic rings. The molecule has 8 heteroatoms. The first-order valence-electron chi connectivity index (χ1n) is 14.7. The number of phenols is 2. The summed E-state index contributed by atoms with van der Waals surface area (Å²) in [4.78, 5) is 0. The zero-order valence-electron chi connectivity index (χ0n) is 27.5. The number of ether oxygens (including phenoxy) is 6. The van der Waals surface area contributed by atoms with Gasteiger partial charge in [-0.15, -0.1) is 0 Å². The minimum absolute atomic E-state index is 0.125. The zero-order chi connectivity index (χ0) is 31.4. The molecule has 8 nitrogen and oxygen atoms in total. The molecule has 0 saturated heterocycles. The average molecular weight is 577 g/mol. The number of hydrogen-bond donors (Lipinski definition) is 2. The maximum Gasteiger partial charge on any atom is 0.207 e. The van der Waals surface area contributed by atoms with Gasteiger partial charge >= 0.3 is 0 Å². The Balaban J connectivity index is 3.11. The van der Waals surface area contributed by atoms with Gasteiger partial charge in [-0.3, -0.25) is 0 Å². The van der Waals surface area contributed by atoms with E-state index in [1.807, 2.05) is 96.9 Å². The fourth-order valence-electron chi connectivity index (χ4n) is 4.37. The molecule has 2 N–H and O–H groups in total. The number of aromatic hydroxyl groups is 2. The maximum absolute atomic E-state index is 11.3. The fourth-order valence-corrected chi connectivity index (χ4v) is 4.37. The summed E-state index contributed by atoms with van der Waals surface area (Å²) in [6.07, 6.45) is -1.34. The van der Waals surface area contributed by atoms with Gasteiger partial charge in [-0.25, -0.2) is 0 Å². The largest absolute Gasteiger partial charge is 0.502 e. The lowest BCUT2D eigenvalue weighted by Crippen LogP contribution is -2.25. The van der Waals surface area contributed by atoms with Gasteiger partial charge in [0.2, 0.25) is 23.0 Å². The van der Waals surface area contributed by atoms with Gasteiger partial charge in [0.05, 0.1) is 36.6 Å². The van der Waals surface area contributed by atoms with Crippen LogP contribution in [-0.4, -0.2) is 46.8 Å². The van der Waals surface area contributed by atoms with Crippen molar-refractivity contribution in [2.75, 3.05) is 0 Å². The highest BCUT2D eigenvalue weighted by atomic mass is 16.5. The van der Waals surface area contributed by atoms with Crippen molar-refractivity contribution in [3.8, 4) is 46.0 Å². The summed E-state index contributed by atoms with van der Waals surface area (Å²) in [5, 5.41) is 22.6. The predicted molar refractivity (Wildman–Crippen MR) is 163 cm³/mol. The number of benzene rings is 2. The van der Waals surface area contributed by atoms with E-state index in [1.54, 1.807) is 12.1 Å². The summed E-state index contributed by atoms with van der Waals surface area (Å²) in [6, 6.07) is 3.58. The van der Waals surface area contributed by atoms with Crippen molar-refractivity contribution < 1.29 is 38.6 Å². The molecule has 0 aromatic heterocycles. The van der Waals surface area contributed by atoms with Gasteiger partial charge in [-0.2, -0.15) is 0 Å². The molecule has 0 saturated carbocycles. The van der Waals surface area contributed by atoms with E-state index in [0.29, 0.717) is 22.6 Å². The summed E-state index contributed by atoms with van der Waals surface area (Å²) >= 11 is 0.